The van der Waals surface area contributed by atoms with Crippen LogP contribution in [0.3, 0.4) is 0 Å². The quantitative estimate of drug-likeness (QED) is 0.745. The molecule has 0 unspecified atom stereocenters. The molecule has 0 saturated carbocycles. The van der Waals surface area contributed by atoms with Crippen LogP contribution in [-0.2, 0) is 11.8 Å². The molecule has 31 heavy (non-hydrogen) atoms. The van der Waals surface area contributed by atoms with Gasteiger partial charge in [0.2, 0.25) is 0 Å². The van der Waals surface area contributed by atoms with E-state index in [0.717, 1.165) is 17.2 Å². The number of benzene rings is 1. The average molecular weight is 411 g/mol. The molecule has 1 aliphatic heterocycles. The summed E-state index contributed by atoms with van der Waals surface area (Å²) in [6, 6.07) is 16.5. The minimum atomic E-state index is -0.854. The van der Waals surface area contributed by atoms with Gasteiger partial charge in [-0.3, -0.25) is 0 Å². The van der Waals surface area contributed by atoms with Gasteiger partial charge in [-0.2, -0.15) is 15.8 Å². The molecule has 1 aliphatic rings. The maximum absolute atomic E-state index is 9.65. The second-order valence-electron chi connectivity index (χ2n) is 7.52. The summed E-state index contributed by atoms with van der Waals surface area (Å²) in [7, 11) is 3.86. The predicted octanol–water partition coefficient (Wildman–Crippen LogP) is 4.44. The summed E-state index contributed by atoms with van der Waals surface area (Å²) >= 11 is 0. The highest BCUT2D eigenvalue weighted by Crippen LogP contribution is 2.40. The highest BCUT2D eigenvalue weighted by molar-refractivity contribution is 5.67. The second kappa shape index (κ2) is 8.14. The maximum Gasteiger partial charge on any atom is 0.172 e. The summed E-state index contributed by atoms with van der Waals surface area (Å²) in [5.74, 6) is 1.16. The van der Waals surface area contributed by atoms with Gasteiger partial charge in [-0.15, -0.1) is 0 Å². The average Bonchev–Trinajstić information content (AvgIpc) is 3.23. The van der Waals surface area contributed by atoms with Gasteiger partial charge >= 0.3 is 0 Å². The van der Waals surface area contributed by atoms with Crippen molar-refractivity contribution in [2.75, 3.05) is 11.9 Å². The van der Waals surface area contributed by atoms with Crippen LogP contribution in [0.2, 0.25) is 0 Å². The van der Waals surface area contributed by atoms with Gasteiger partial charge in [0.15, 0.2) is 11.3 Å². The van der Waals surface area contributed by atoms with Crippen molar-refractivity contribution in [2.45, 2.75) is 19.4 Å². The van der Waals surface area contributed by atoms with E-state index >= 15 is 0 Å². The van der Waals surface area contributed by atoms with Crippen LogP contribution in [0.1, 0.15) is 19.5 Å². The molecule has 0 spiro atoms. The number of hydrogen-bond donors (Lipinski definition) is 1. The Bertz CT molecular complexity index is 1220. The third kappa shape index (κ3) is 3.88. The van der Waals surface area contributed by atoms with Crippen molar-refractivity contribution >= 4 is 17.6 Å². The van der Waals surface area contributed by atoms with Gasteiger partial charge in [0.25, 0.3) is 0 Å². The van der Waals surface area contributed by atoms with Gasteiger partial charge in [-0.05, 0) is 56.3 Å². The Labute approximate surface area is 181 Å². The fourth-order valence-electron chi connectivity index (χ4n) is 3.48. The molecule has 0 bridgehead atoms. The normalized spacial score (nSPS) is 14.7. The first-order valence-electron chi connectivity index (χ1n) is 9.48. The molecule has 1 aromatic carbocycles. The largest absolute Gasteiger partial charge is 0.508 e. The van der Waals surface area contributed by atoms with E-state index in [2.05, 4.69) is 6.07 Å². The summed E-state index contributed by atoms with van der Waals surface area (Å²) < 4.78 is 7.78. The monoisotopic (exact) mass is 411 g/mol. The topological polar surface area (TPSA) is 109 Å². The van der Waals surface area contributed by atoms with E-state index in [-0.39, 0.29) is 22.7 Å². The molecular formula is C24H21N5O2. The van der Waals surface area contributed by atoms with E-state index in [1.807, 2.05) is 53.9 Å². The standard InChI is InChI=1S/C24H21N5O2/c1-24(2)21(20(15-27)23(31-24)16(13-25)14-26)11-7-18-8-12-22(29(18)4)28(3)17-5-9-19(30)10-6-17/h5-12,30H,1-4H3/b11-7+. The van der Waals surface area contributed by atoms with Crippen LogP contribution < -0.4 is 4.90 Å². The first kappa shape index (κ1) is 21.3. The molecule has 0 aliphatic carbocycles. The molecule has 2 aromatic rings. The number of nitriles is 3. The van der Waals surface area contributed by atoms with Crippen molar-refractivity contribution in [3.8, 4) is 24.0 Å². The highest BCUT2D eigenvalue weighted by Gasteiger charge is 2.38. The number of phenols is 1. The van der Waals surface area contributed by atoms with Crippen molar-refractivity contribution in [3.63, 3.8) is 0 Å². The first-order valence-corrected chi connectivity index (χ1v) is 9.48. The number of aromatic hydroxyl groups is 1. The zero-order valence-electron chi connectivity index (χ0n) is 17.7. The molecule has 2 heterocycles. The molecule has 7 heteroatoms. The number of allylic oxidation sites excluding steroid dienone is 2. The van der Waals surface area contributed by atoms with Crippen LogP contribution in [0.25, 0.3) is 6.08 Å². The number of ether oxygens (including phenoxy) is 1. The SMILES string of the molecule is CN(c1ccc(O)cc1)c1ccc(/C=C/C2=C(C#N)C(=C(C#N)C#N)OC2(C)C)n1C. The Morgan fingerprint density at radius 2 is 1.71 bits per heavy atom. The minimum Gasteiger partial charge on any atom is -0.508 e. The van der Waals surface area contributed by atoms with E-state index in [1.54, 1.807) is 44.2 Å². The molecule has 0 fully saturated rings. The van der Waals surface area contributed by atoms with Crippen LogP contribution >= 0.6 is 0 Å². The van der Waals surface area contributed by atoms with E-state index in [4.69, 9.17) is 4.74 Å². The van der Waals surface area contributed by atoms with Crippen molar-refractivity contribution in [2.24, 2.45) is 7.05 Å². The Hall–Kier alpha value is -4.41. The summed E-state index contributed by atoms with van der Waals surface area (Å²) in [6.45, 7) is 3.58. The van der Waals surface area contributed by atoms with Crippen LogP contribution in [0.4, 0.5) is 11.5 Å². The highest BCUT2D eigenvalue weighted by atomic mass is 16.5. The summed E-state index contributed by atoms with van der Waals surface area (Å²) in [6.07, 6.45) is 3.66. The third-order valence-corrected chi connectivity index (χ3v) is 5.20. The zero-order chi connectivity index (χ0) is 22.8. The number of rotatable bonds is 4. The number of hydrogen-bond acceptors (Lipinski definition) is 6. The summed E-state index contributed by atoms with van der Waals surface area (Å²) in [4.78, 5) is 1.99. The van der Waals surface area contributed by atoms with E-state index < -0.39 is 5.60 Å². The lowest BCUT2D eigenvalue weighted by molar-refractivity contribution is 0.0954. The molecule has 0 atom stereocenters. The van der Waals surface area contributed by atoms with Crippen LogP contribution in [0, 0.1) is 34.0 Å². The van der Waals surface area contributed by atoms with Crippen molar-refractivity contribution in [1.29, 1.82) is 15.8 Å². The van der Waals surface area contributed by atoms with Gasteiger partial charge in [0, 0.05) is 31.0 Å². The number of aromatic nitrogens is 1. The zero-order valence-corrected chi connectivity index (χ0v) is 17.7. The lowest BCUT2D eigenvalue weighted by atomic mass is 9.94. The molecule has 0 amide bonds. The molecular weight excluding hydrogens is 390 g/mol. The first-order chi connectivity index (χ1) is 14.7. The van der Waals surface area contributed by atoms with E-state index in [1.165, 1.54) is 0 Å². The fraction of sp³-hybridized carbons (Fsp3) is 0.208. The lowest BCUT2D eigenvalue weighted by Gasteiger charge is -2.21. The third-order valence-electron chi connectivity index (χ3n) is 5.20. The molecule has 1 aromatic heterocycles. The Balaban J connectivity index is 1.99. The minimum absolute atomic E-state index is 0.0248. The van der Waals surface area contributed by atoms with Crippen LogP contribution in [-0.4, -0.2) is 22.3 Å². The number of phenolic OH excluding ortho intramolecular Hbond substituents is 1. The molecule has 3 rings (SSSR count). The second-order valence-corrected chi connectivity index (χ2v) is 7.52. The molecule has 154 valence electrons. The summed E-state index contributed by atoms with van der Waals surface area (Å²) in [5.41, 5.74) is 1.53. The van der Waals surface area contributed by atoms with Gasteiger partial charge in [0.1, 0.15) is 40.9 Å². The smallest absolute Gasteiger partial charge is 0.172 e. The Kier molecular flexibility index (Phi) is 5.60. The molecule has 7 nitrogen and oxygen atoms in total. The molecule has 1 N–H and O–H groups in total. The molecule has 0 saturated heterocycles. The lowest BCUT2D eigenvalue weighted by Crippen LogP contribution is -2.20. The predicted molar refractivity (Wildman–Crippen MR) is 117 cm³/mol. The Morgan fingerprint density at radius 3 is 2.29 bits per heavy atom. The van der Waals surface area contributed by atoms with Crippen molar-refractivity contribution < 1.29 is 9.84 Å². The number of nitrogens with zero attached hydrogens (tertiary/aromatic N) is 5. The van der Waals surface area contributed by atoms with E-state index in [0.29, 0.717) is 5.57 Å². The van der Waals surface area contributed by atoms with Gasteiger partial charge in [-0.25, -0.2) is 0 Å². The van der Waals surface area contributed by atoms with E-state index in [9.17, 15) is 20.9 Å². The van der Waals surface area contributed by atoms with Gasteiger partial charge in [0.05, 0.1) is 0 Å². The van der Waals surface area contributed by atoms with Crippen LogP contribution in [0.5, 0.6) is 5.75 Å². The Morgan fingerprint density at radius 1 is 1.06 bits per heavy atom. The van der Waals surface area contributed by atoms with Crippen molar-refractivity contribution in [3.05, 3.63) is 70.6 Å². The van der Waals surface area contributed by atoms with Gasteiger partial charge < -0.3 is 19.3 Å². The molecule has 0 radical (unpaired) electrons. The van der Waals surface area contributed by atoms with Crippen molar-refractivity contribution in [1.82, 2.24) is 4.57 Å². The maximum atomic E-state index is 9.65. The fourth-order valence-corrected chi connectivity index (χ4v) is 3.48. The van der Waals surface area contributed by atoms with Crippen LogP contribution in [0.15, 0.2) is 65.0 Å². The van der Waals surface area contributed by atoms with Gasteiger partial charge in [-0.1, -0.05) is 6.08 Å². The number of anilines is 2. The summed E-state index contributed by atoms with van der Waals surface area (Å²) in [5, 5.41) is 37.5.